The van der Waals surface area contributed by atoms with Crippen molar-refractivity contribution in [3.05, 3.63) is 39.3 Å². The van der Waals surface area contributed by atoms with Crippen LogP contribution in [-0.2, 0) is 0 Å². The Labute approximate surface area is 106 Å². The Morgan fingerprint density at radius 1 is 1.50 bits per heavy atom. The van der Waals surface area contributed by atoms with E-state index in [0.29, 0.717) is 5.56 Å². The van der Waals surface area contributed by atoms with Gasteiger partial charge in [-0.05, 0) is 41.1 Å². The van der Waals surface area contributed by atoms with Gasteiger partial charge in [0.25, 0.3) is 0 Å². The molecule has 3 nitrogen and oxygen atoms in total. The van der Waals surface area contributed by atoms with Gasteiger partial charge in [-0.25, -0.2) is 4.98 Å². The SMILES string of the molecule is Cc1csc(Nc2ccc(C#N)cc2Br)n1. The van der Waals surface area contributed by atoms with Gasteiger partial charge in [-0.3, -0.25) is 0 Å². The van der Waals surface area contributed by atoms with E-state index in [1.54, 1.807) is 23.5 Å². The minimum absolute atomic E-state index is 0.632. The van der Waals surface area contributed by atoms with Gasteiger partial charge in [0.05, 0.1) is 23.0 Å². The zero-order chi connectivity index (χ0) is 11.5. The second kappa shape index (κ2) is 4.64. The van der Waals surface area contributed by atoms with Gasteiger partial charge in [0.2, 0.25) is 0 Å². The number of aromatic nitrogens is 1. The molecule has 5 heteroatoms. The molecule has 1 aromatic heterocycles. The molecule has 16 heavy (non-hydrogen) atoms. The van der Waals surface area contributed by atoms with E-state index >= 15 is 0 Å². The van der Waals surface area contributed by atoms with Crippen LogP contribution in [-0.4, -0.2) is 4.98 Å². The number of thiazole rings is 1. The molecule has 0 saturated heterocycles. The van der Waals surface area contributed by atoms with Crippen LogP contribution in [0.1, 0.15) is 11.3 Å². The number of nitriles is 1. The van der Waals surface area contributed by atoms with Crippen molar-refractivity contribution in [1.82, 2.24) is 4.98 Å². The van der Waals surface area contributed by atoms with E-state index in [0.717, 1.165) is 21.0 Å². The number of hydrogen-bond donors (Lipinski definition) is 1. The van der Waals surface area contributed by atoms with Gasteiger partial charge < -0.3 is 5.32 Å². The largest absolute Gasteiger partial charge is 0.331 e. The molecule has 0 amide bonds. The average Bonchev–Trinajstić information content (AvgIpc) is 2.67. The lowest BCUT2D eigenvalue weighted by molar-refractivity contribution is 1.26. The predicted octanol–water partition coefficient (Wildman–Crippen LogP) is 3.83. The Morgan fingerprint density at radius 2 is 2.31 bits per heavy atom. The minimum Gasteiger partial charge on any atom is -0.331 e. The third-order valence-corrected chi connectivity index (χ3v) is 3.49. The summed E-state index contributed by atoms with van der Waals surface area (Å²) in [5.74, 6) is 0. The van der Waals surface area contributed by atoms with Crippen LogP contribution in [0.4, 0.5) is 10.8 Å². The number of nitrogens with one attached hydrogen (secondary N) is 1. The van der Waals surface area contributed by atoms with Crippen LogP contribution in [0.15, 0.2) is 28.1 Å². The Morgan fingerprint density at radius 3 is 2.88 bits per heavy atom. The Bertz CT molecular complexity index is 557. The van der Waals surface area contributed by atoms with Crippen molar-refractivity contribution in [3.8, 4) is 6.07 Å². The molecular formula is C11H8BrN3S. The van der Waals surface area contributed by atoms with Crippen molar-refractivity contribution in [2.75, 3.05) is 5.32 Å². The molecular weight excluding hydrogens is 286 g/mol. The van der Waals surface area contributed by atoms with E-state index in [4.69, 9.17) is 5.26 Å². The molecule has 0 unspecified atom stereocenters. The highest BCUT2D eigenvalue weighted by Crippen LogP contribution is 2.28. The van der Waals surface area contributed by atoms with Crippen molar-refractivity contribution in [2.24, 2.45) is 0 Å². The molecule has 2 rings (SSSR count). The van der Waals surface area contributed by atoms with Crippen molar-refractivity contribution in [3.63, 3.8) is 0 Å². The summed E-state index contributed by atoms with van der Waals surface area (Å²) in [7, 11) is 0. The normalized spacial score (nSPS) is 9.81. The molecule has 0 radical (unpaired) electrons. The zero-order valence-electron chi connectivity index (χ0n) is 8.49. The van der Waals surface area contributed by atoms with Gasteiger partial charge in [0, 0.05) is 9.85 Å². The smallest absolute Gasteiger partial charge is 0.187 e. The number of rotatable bonds is 2. The first-order valence-corrected chi connectivity index (χ1v) is 6.25. The lowest BCUT2D eigenvalue weighted by Crippen LogP contribution is -1.91. The molecule has 0 aliphatic carbocycles. The van der Waals surface area contributed by atoms with Crippen LogP contribution in [0.2, 0.25) is 0 Å². The molecule has 80 valence electrons. The first-order valence-electron chi connectivity index (χ1n) is 4.58. The maximum absolute atomic E-state index is 8.74. The first-order chi connectivity index (χ1) is 7.69. The highest BCUT2D eigenvalue weighted by atomic mass is 79.9. The van der Waals surface area contributed by atoms with E-state index in [-0.39, 0.29) is 0 Å². The van der Waals surface area contributed by atoms with Crippen LogP contribution in [0.5, 0.6) is 0 Å². The summed E-state index contributed by atoms with van der Waals surface area (Å²) < 4.78 is 0.861. The fourth-order valence-corrected chi connectivity index (χ4v) is 2.39. The molecule has 0 atom stereocenters. The summed E-state index contributed by atoms with van der Waals surface area (Å²) in [5, 5.41) is 14.8. The number of nitrogens with zero attached hydrogens (tertiary/aromatic N) is 2. The van der Waals surface area contributed by atoms with Crippen molar-refractivity contribution in [2.45, 2.75) is 6.92 Å². The third kappa shape index (κ3) is 2.40. The quantitative estimate of drug-likeness (QED) is 0.915. The topological polar surface area (TPSA) is 48.7 Å². The standard InChI is InChI=1S/C11H8BrN3S/c1-7-6-16-11(14-7)15-10-3-2-8(5-13)4-9(10)12/h2-4,6H,1H3,(H,14,15). The maximum Gasteiger partial charge on any atom is 0.187 e. The predicted molar refractivity (Wildman–Crippen MR) is 69.0 cm³/mol. The van der Waals surface area contributed by atoms with Gasteiger partial charge >= 0.3 is 0 Å². The molecule has 1 aromatic carbocycles. The molecule has 0 fully saturated rings. The lowest BCUT2D eigenvalue weighted by atomic mass is 10.2. The number of aryl methyl sites for hydroxylation is 1. The summed E-state index contributed by atoms with van der Waals surface area (Å²) in [6, 6.07) is 7.50. The van der Waals surface area contributed by atoms with Crippen LogP contribution in [0, 0.1) is 18.3 Å². The number of benzene rings is 1. The molecule has 0 bridgehead atoms. The second-order valence-corrected chi connectivity index (χ2v) is 4.94. The van der Waals surface area contributed by atoms with Crippen molar-refractivity contribution < 1.29 is 0 Å². The van der Waals surface area contributed by atoms with Crippen LogP contribution in [0.25, 0.3) is 0 Å². The second-order valence-electron chi connectivity index (χ2n) is 3.23. The van der Waals surface area contributed by atoms with Gasteiger partial charge in [-0.1, -0.05) is 0 Å². The van der Waals surface area contributed by atoms with Gasteiger partial charge in [-0.15, -0.1) is 11.3 Å². The van der Waals surface area contributed by atoms with E-state index in [1.165, 1.54) is 0 Å². The average molecular weight is 294 g/mol. The third-order valence-electron chi connectivity index (χ3n) is 1.96. The highest BCUT2D eigenvalue weighted by molar-refractivity contribution is 9.10. The summed E-state index contributed by atoms with van der Waals surface area (Å²) in [4.78, 5) is 4.31. The van der Waals surface area contributed by atoms with Crippen LogP contribution < -0.4 is 5.32 Å². The minimum atomic E-state index is 0.632. The molecule has 0 saturated carbocycles. The number of halogens is 1. The van der Waals surface area contributed by atoms with Crippen LogP contribution in [0.3, 0.4) is 0 Å². The zero-order valence-corrected chi connectivity index (χ0v) is 10.9. The summed E-state index contributed by atoms with van der Waals surface area (Å²) in [5.41, 5.74) is 2.54. The van der Waals surface area contributed by atoms with Gasteiger partial charge in [0.15, 0.2) is 5.13 Å². The van der Waals surface area contributed by atoms with Crippen molar-refractivity contribution >= 4 is 38.1 Å². The first kappa shape index (κ1) is 11.1. The molecule has 2 aromatic rings. The van der Waals surface area contributed by atoms with Crippen LogP contribution >= 0.6 is 27.3 Å². The number of hydrogen-bond acceptors (Lipinski definition) is 4. The molecule has 0 aliphatic heterocycles. The van der Waals surface area contributed by atoms with E-state index in [9.17, 15) is 0 Å². The monoisotopic (exact) mass is 293 g/mol. The van der Waals surface area contributed by atoms with E-state index in [2.05, 4.69) is 32.3 Å². The van der Waals surface area contributed by atoms with E-state index in [1.807, 2.05) is 18.4 Å². The fourth-order valence-electron chi connectivity index (χ4n) is 1.21. The summed E-state index contributed by atoms with van der Waals surface area (Å²) >= 11 is 4.97. The Hall–Kier alpha value is -1.38. The van der Waals surface area contributed by atoms with Gasteiger partial charge in [0.1, 0.15) is 0 Å². The highest BCUT2D eigenvalue weighted by Gasteiger charge is 2.04. The van der Waals surface area contributed by atoms with Gasteiger partial charge in [-0.2, -0.15) is 5.26 Å². The molecule has 1 heterocycles. The van der Waals surface area contributed by atoms with E-state index < -0.39 is 0 Å². The maximum atomic E-state index is 8.74. The van der Waals surface area contributed by atoms with Crippen molar-refractivity contribution in [1.29, 1.82) is 5.26 Å². The summed E-state index contributed by atoms with van der Waals surface area (Å²) in [6.45, 7) is 1.95. The Kier molecular flexibility index (Phi) is 3.22. The lowest BCUT2D eigenvalue weighted by Gasteiger charge is -2.05. The Balaban J connectivity index is 2.26. The molecule has 1 N–H and O–H groups in total. The molecule has 0 spiro atoms. The number of anilines is 2. The fraction of sp³-hybridized carbons (Fsp3) is 0.0909. The summed E-state index contributed by atoms with van der Waals surface area (Å²) in [6.07, 6.45) is 0. The molecule has 0 aliphatic rings.